The van der Waals surface area contributed by atoms with Crippen LogP contribution in [0.15, 0.2) is 18.2 Å². The normalized spacial score (nSPS) is 29.2. The van der Waals surface area contributed by atoms with Crippen molar-refractivity contribution in [2.75, 3.05) is 19.6 Å². The molecule has 0 radical (unpaired) electrons. The summed E-state index contributed by atoms with van der Waals surface area (Å²) in [6.07, 6.45) is 4.05. The summed E-state index contributed by atoms with van der Waals surface area (Å²) in [7, 11) is 0. The molecule has 1 saturated heterocycles. The number of hydrogen-bond acceptors (Lipinski definition) is 3. The predicted molar refractivity (Wildman–Crippen MR) is 78.0 cm³/mol. The zero-order valence-electron chi connectivity index (χ0n) is 12.2. The van der Waals surface area contributed by atoms with E-state index in [1.54, 1.807) is 0 Å². The van der Waals surface area contributed by atoms with Gasteiger partial charge in [0.15, 0.2) is 0 Å². The summed E-state index contributed by atoms with van der Waals surface area (Å²) >= 11 is 0. The van der Waals surface area contributed by atoms with E-state index in [2.05, 4.69) is 47.2 Å². The van der Waals surface area contributed by atoms with Crippen LogP contribution in [-0.4, -0.2) is 35.1 Å². The van der Waals surface area contributed by atoms with Crippen molar-refractivity contribution in [3.05, 3.63) is 29.6 Å². The Morgan fingerprint density at radius 3 is 3.00 bits per heavy atom. The summed E-state index contributed by atoms with van der Waals surface area (Å²) in [6, 6.07) is 6.34. The van der Waals surface area contributed by atoms with Gasteiger partial charge in [-0.15, -0.1) is 0 Å². The minimum atomic E-state index is 0.320. The van der Waals surface area contributed by atoms with Gasteiger partial charge in [0.25, 0.3) is 0 Å². The molecule has 0 spiro atoms. The number of nitrogens with one attached hydrogen (secondary N) is 1. The van der Waals surface area contributed by atoms with E-state index in [9.17, 15) is 0 Å². The number of aromatic nitrogens is 1. The average molecular weight is 259 g/mol. The largest absolute Gasteiger partial charge is 0.310 e. The van der Waals surface area contributed by atoms with Crippen molar-refractivity contribution in [2.24, 2.45) is 5.92 Å². The topological polar surface area (TPSA) is 28.2 Å². The van der Waals surface area contributed by atoms with Crippen molar-refractivity contribution >= 4 is 0 Å². The van der Waals surface area contributed by atoms with E-state index in [-0.39, 0.29) is 0 Å². The van der Waals surface area contributed by atoms with E-state index < -0.39 is 0 Å². The molecule has 1 aliphatic carbocycles. The first-order chi connectivity index (χ1) is 9.16. The zero-order chi connectivity index (χ0) is 13.3. The van der Waals surface area contributed by atoms with Crippen molar-refractivity contribution in [1.29, 1.82) is 0 Å². The van der Waals surface area contributed by atoms with E-state index in [4.69, 9.17) is 0 Å². The average Bonchev–Trinajstić information content (AvgIpc) is 3.17. The smallest absolute Gasteiger partial charge is 0.0547 e. The number of aryl methyl sites for hydroxylation is 1. The molecule has 1 aromatic rings. The highest BCUT2D eigenvalue weighted by Crippen LogP contribution is 2.40. The molecule has 2 heterocycles. The predicted octanol–water partition coefficient (Wildman–Crippen LogP) is 2.35. The highest BCUT2D eigenvalue weighted by Gasteiger charge is 2.42. The number of hydrogen-bond donors (Lipinski definition) is 1. The van der Waals surface area contributed by atoms with Crippen LogP contribution in [0, 0.1) is 12.8 Å². The third-order valence-corrected chi connectivity index (χ3v) is 4.54. The standard InChI is InChI=1S/C16H25N3/c1-13-5-3-6-15(18-13)11-19-10-4-9-17-16(2,12-19)14-7-8-14/h3,5-6,14,17H,4,7-12H2,1-2H3. The van der Waals surface area contributed by atoms with Crippen molar-refractivity contribution in [3.63, 3.8) is 0 Å². The Labute approximate surface area is 116 Å². The van der Waals surface area contributed by atoms with Gasteiger partial charge in [-0.3, -0.25) is 9.88 Å². The second-order valence-corrected chi connectivity index (χ2v) is 6.45. The van der Waals surface area contributed by atoms with Gasteiger partial charge in [-0.2, -0.15) is 0 Å². The van der Waals surface area contributed by atoms with Crippen LogP contribution >= 0.6 is 0 Å². The van der Waals surface area contributed by atoms with Crippen LogP contribution in [0.5, 0.6) is 0 Å². The highest BCUT2D eigenvalue weighted by molar-refractivity contribution is 5.10. The first-order valence-electron chi connectivity index (χ1n) is 7.56. The Bertz CT molecular complexity index is 441. The van der Waals surface area contributed by atoms with E-state index >= 15 is 0 Å². The summed E-state index contributed by atoms with van der Waals surface area (Å²) < 4.78 is 0. The fraction of sp³-hybridized carbons (Fsp3) is 0.688. The quantitative estimate of drug-likeness (QED) is 0.903. The maximum absolute atomic E-state index is 4.64. The van der Waals surface area contributed by atoms with Crippen molar-refractivity contribution in [3.8, 4) is 0 Å². The number of rotatable bonds is 3. The van der Waals surface area contributed by atoms with E-state index in [0.29, 0.717) is 5.54 Å². The molecule has 3 rings (SSSR count). The minimum Gasteiger partial charge on any atom is -0.310 e. The molecule has 3 heteroatoms. The van der Waals surface area contributed by atoms with Gasteiger partial charge in [0.1, 0.15) is 0 Å². The molecule has 3 nitrogen and oxygen atoms in total. The van der Waals surface area contributed by atoms with E-state index in [0.717, 1.165) is 31.2 Å². The Morgan fingerprint density at radius 2 is 2.26 bits per heavy atom. The van der Waals surface area contributed by atoms with Crippen molar-refractivity contribution in [2.45, 2.75) is 45.2 Å². The van der Waals surface area contributed by atoms with Gasteiger partial charge in [-0.25, -0.2) is 0 Å². The molecule has 2 fully saturated rings. The molecule has 1 saturated carbocycles. The van der Waals surface area contributed by atoms with Crippen LogP contribution in [0.2, 0.25) is 0 Å². The molecule has 1 aromatic heterocycles. The molecule has 1 aliphatic heterocycles. The summed E-state index contributed by atoms with van der Waals surface area (Å²) in [5.41, 5.74) is 2.65. The molecule has 104 valence electrons. The van der Waals surface area contributed by atoms with E-state index in [1.165, 1.54) is 31.5 Å². The Morgan fingerprint density at radius 1 is 1.42 bits per heavy atom. The van der Waals surface area contributed by atoms with Gasteiger partial charge in [0, 0.05) is 24.3 Å². The lowest BCUT2D eigenvalue weighted by Crippen LogP contribution is -2.50. The van der Waals surface area contributed by atoms with Crippen LogP contribution in [0.4, 0.5) is 0 Å². The Hall–Kier alpha value is -0.930. The van der Waals surface area contributed by atoms with Gasteiger partial charge in [0.2, 0.25) is 0 Å². The van der Waals surface area contributed by atoms with Crippen LogP contribution in [0.3, 0.4) is 0 Å². The Balaban J connectivity index is 1.69. The fourth-order valence-corrected chi connectivity index (χ4v) is 3.32. The summed E-state index contributed by atoms with van der Waals surface area (Å²) in [5.74, 6) is 0.888. The SMILES string of the molecule is Cc1cccc(CN2CCCNC(C)(C3CC3)C2)n1. The molecular formula is C16H25N3. The third kappa shape index (κ3) is 3.15. The fourth-order valence-electron chi connectivity index (χ4n) is 3.32. The van der Waals surface area contributed by atoms with Crippen LogP contribution in [-0.2, 0) is 6.54 Å². The molecule has 0 bridgehead atoms. The molecule has 19 heavy (non-hydrogen) atoms. The van der Waals surface area contributed by atoms with Crippen molar-refractivity contribution in [1.82, 2.24) is 15.2 Å². The first kappa shape index (κ1) is 13.1. The first-order valence-corrected chi connectivity index (χ1v) is 7.56. The van der Waals surface area contributed by atoms with Crippen LogP contribution < -0.4 is 5.32 Å². The molecule has 1 unspecified atom stereocenters. The van der Waals surface area contributed by atoms with Gasteiger partial charge >= 0.3 is 0 Å². The monoisotopic (exact) mass is 259 g/mol. The van der Waals surface area contributed by atoms with Gasteiger partial charge in [-0.1, -0.05) is 6.07 Å². The minimum absolute atomic E-state index is 0.320. The second-order valence-electron chi connectivity index (χ2n) is 6.45. The van der Waals surface area contributed by atoms with Crippen molar-refractivity contribution < 1.29 is 0 Å². The molecule has 0 amide bonds. The highest BCUT2D eigenvalue weighted by atomic mass is 15.2. The third-order valence-electron chi connectivity index (χ3n) is 4.54. The van der Waals surface area contributed by atoms with Gasteiger partial charge in [-0.05, 0) is 64.3 Å². The second kappa shape index (κ2) is 5.22. The van der Waals surface area contributed by atoms with Crippen LogP contribution in [0.25, 0.3) is 0 Å². The number of pyridine rings is 1. The summed E-state index contributed by atoms with van der Waals surface area (Å²) in [6.45, 7) is 8.98. The maximum Gasteiger partial charge on any atom is 0.0547 e. The molecule has 1 atom stereocenters. The zero-order valence-corrected chi connectivity index (χ0v) is 12.2. The Kier molecular flexibility index (Phi) is 3.59. The number of nitrogens with zero attached hydrogens (tertiary/aromatic N) is 2. The van der Waals surface area contributed by atoms with Crippen LogP contribution in [0.1, 0.15) is 37.6 Å². The maximum atomic E-state index is 4.64. The van der Waals surface area contributed by atoms with E-state index in [1.807, 2.05) is 0 Å². The lowest BCUT2D eigenvalue weighted by Gasteiger charge is -2.33. The summed E-state index contributed by atoms with van der Waals surface area (Å²) in [5, 5.41) is 3.78. The lowest BCUT2D eigenvalue weighted by molar-refractivity contribution is 0.193. The lowest BCUT2D eigenvalue weighted by atomic mass is 9.95. The molecule has 0 aromatic carbocycles. The molecule has 2 aliphatic rings. The summed E-state index contributed by atoms with van der Waals surface area (Å²) in [4.78, 5) is 7.23. The van der Waals surface area contributed by atoms with Gasteiger partial charge < -0.3 is 5.32 Å². The van der Waals surface area contributed by atoms with Gasteiger partial charge in [0.05, 0.1) is 5.69 Å². The molecular weight excluding hydrogens is 234 g/mol. The molecule has 1 N–H and O–H groups in total.